The van der Waals surface area contributed by atoms with Gasteiger partial charge in [-0.1, -0.05) is 56.9 Å². The van der Waals surface area contributed by atoms with Crippen molar-refractivity contribution in [1.82, 2.24) is 0 Å². The van der Waals surface area contributed by atoms with Crippen molar-refractivity contribution in [2.45, 2.75) is 39.0 Å². The second kappa shape index (κ2) is 7.27. The Kier molecular flexibility index (Phi) is 5.83. The molecule has 0 aliphatic heterocycles. The minimum absolute atomic E-state index is 0.115. The summed E-state index contributed by atoms with van der Waals surface area (Å²) in [5, 5.41) is 0. The average Bonchev–Trinajstić information content (AvgIpc) is 2.76. The summed E-state index contributed by atoms with van der Waals surface area (Å²) in [4.78, 5) is 11.4. The molecule has 15 heavy (non-hydrogen) atoms. The third-order valence-corrected chi connectivity index (χ3v) is 2.51. The molecule has 0 saturated carbocycles. The molecule has 0 saturated heterocycles. The van der Waals surface area contributed by atoms with Gasteiger partial charge in [-0.25, -0.2) is 0 Å². The molecule has 1 aliphatic rings. The Morgan fingerprint density at radius 1 is 1.13 bits per heavy atom. The van der Waals surface area contributed by atoms with E-state index in [1.807, 2.05) is 24.3 Å². The van der Waals surface area contributed by atoms with Gasteiger partial charge in [0.05, 0.1) is 12.5 Å². The van der Waals surface area contributed by atoms with E-state index in [4.69, 9.17) is 4.74 Å². The maximum atomic E-state index is 11.4. The molecule has 0 heterocycles. The lowest BCUT2D eigenvalue weighted by molar-refractivity contribution is -0.145. The molecule has 0 unspecified atom stereocenters. The Labute approximate surface area is 92.0 Å². The zero-order chi connectivity index (χ0) is 10.9. The SMILES string of the molecule is CCCCCCCOC(=O)C1C=CC=C1. The lowest BCUT2D eigenvalue weighted by atomic mass is 10.1. The van der Waals surface area contributed by atoms with Gasteiger partial charge in [-0.15, -0.1) is 0 Å². The number of allylic oxidation sites excluding steroid dienone is 2. The van der Waals surface area contributed by atoms with Crippen LogP contribution < -0.4 is 0 Å². The Bertz CT molecular complexity index is 229. The van der Waals surface area contributed by atoms with Gasteiger partial charge in [0.25, 0.3) is 0 Å². The number of ether oxygens (including phenoxy) is 1. The van der Waals surface area contributed by atoms with E-state index in [0.717, 1.165) is 12.8 Å². The number of esters is 1. The van der Waals surface area contributed by atoms with Crippen molar-refractivity contribution < 1.29 is 9.53 Å². The summed E-state index contributed by atoms with van der Waals surface area (Å²) in [5.41, 5.74) is 0. The van der Waals surface area contributed by atoms with Crippen molar-refractivity contribution in [2.24, 2.45) is 5.92 Å². The summed E-state index contributed by atoms with van der Waals surface area (Å²) in [7, 11) is 0. The van der Waals surface area contributed by atoms with Gasteiger partial charge in [0.15, 0.2) is 0 Å². The quantitative estimate of drug-likeness (QED) is 0.474. The normalized spacial score (nSPS) is 14.7. The van der Waals surface area contributed by atoms with Crippen LogP contribution in [0.15, 0.2) is 24.3 Å². The second-order valence-corrected chi connectivity index (χ2v) is 3.88. The van der Waals surface area contributed by atoms with Crippen LogP contribution in [0.5, 0.6) is 0 Å². The summed E-state index contributed by atoms with van der Waals surface area (Å²) >= 11 is 0. The minimum atomic E-state index is -0.138. The van der Waals surface area contributed by atoms with Crippen molar-refractivity contribution in [2.75, 3.05) is 6.61 Å². The van der Waals surface area contributed by atoms with Gasteiger partial charge in [0.2, 0.25) is 0 Å². The monoisotopic (exact) mass is 208 g/mol. The maximum Gasteiger partial charge on any atom is 0.316 e. The van der Waals surface area contributed by atoms with Crippen molar-refractivity contribution in [3.05, 3.63) is 24.3 Å². The maximum absolute atomic E-state index is 11.4. The molecule has 1 rings (SSSR count). The third kappa shape index (κ3) is 4.82. The first-order chi connectivity index (χ1) is 7.34. The molecule has 84 valence electrons. The lowest BCUT2D eigenvalue weighted by Crippen LogP contribution is -2.13. The van der Waals surface area contributed by atoms with Crippen molar-refractivity contribution in [3.63, 3.8) is 0 Å². The highest BCUT2D eigenvalue weighted by Crippen LogP contribution is 2.11. The van der Waals surface area contributed by atoms with Crippen LogP contribution >= 0.6 is 0 Å². The van der Waals surface area contributed by atoms with E-state index in [1.54, 1.807) is 0 Å². The van der Waals surface area contributed by atoms with Crippen LogP contribution in [0.25, 0.3) is 0 Å². The van der Waals surface area contributed by atoms with E-state index < -0.39 is 0 Å². The fourth-order valence-electron chi connectivity index (χ4n) is 1.56. The molecule has 0 fully saturated rings. The van der Waals surface area contributed by atoms with Gasteiger partial charge in [0, 0.05) is 0 Å². The van der Waals surface area contributed by atoms with Crippen LogP contribution in [-0.4, -0.2) is 12.6 Å². The summed E-state index contributed by atoms with van der Waals surface area (Å²) in [5.74, 6) is -0.254. The molecule has 0 spiro atoms. The van der Waals surface area contributed by atoms with Crippen LogP contribution in [0.2, 0.25) is 0 Å². The smallest absolute Gasteiger partial charge is 0.316 e. The number of rotatable bonds is 7. The Morgan fingerprint density at radius 2 is 1.80 bits per heavy atom. The molecule has 2 nitrogen and oxygen atoms in total. The number of hydrogen-bond donors (Lipinski definition) is 0. The number of carbonyl (C=O) groups excluding carboxylic acids is 1. The van der Waals surface area contributed by atoms with Gasteiger partial charge in [-0.3, -0.25) is 4.79 Å². The van der Waals surface area contributed by atoms with Gasteiger partial charge in [0.1, 0.15) is 0 Å². The van der Waals surface area contributed by atoms with Crippen LogP contribution in [0.3, 0.4) is 0 Å². The molecule has 0 aromatic carbocycles. The average molecular weight is 208 g/mol. The van der Waals surface area contributed by atoms with Crippen LogP contribution in [0.1, 0.15) is 39.0 Å². The molecular formula is C13H20O2. The highest BCUT2D eigenvalue weighted by molar-refractivity contribution is 5.77. The van der Waals surface area contributed by atoms with Gasteiger partial charge >= 0.3 is 5.97 Å². The first-order valence-electron chi connectivity index (χ1n) is 5.86. The third-order valence-electron chi connectivity index (χ3n) is 2.51. The standard InChI is InChI=1S/C13H20O2/c1-2-3-4-5-8-11-15-13(14)12-9-6-7-10-12/h6-7,9-10,12H,2-5,8,11H2,1H3. The fourth-order valence-corrected chi connectivity index (χ4v) is 1.56. The highest BCUT2D eigenvalue weighted by Gasteiger charge is 2.14. The van der Waals surface area contributed by atoms with Crippen LogP contribution in [0, 0.1) is 5.92 Å². The molecule has 0 radical (unpaired) electrons. The molecule has 0 amide bonds. The zero-order valence-corrected chi connectivity index (χ0v) is 9.45. The molecule has 0 bridgehead atoms. The molecule has 0 N–H and O–H groups in total. The van der Waals surface area contributed by atoms with Crippen molar-refractivity contribution >= 4 is 5.97 Å². The minimum Gasteiger partial charge on any atom is -0.465 e. The fraction of sp³-hybridized carbons (Fsp3) is 0.615. The van der Waals surface area contributed by atoms with Crippen LogP contribution in [0.4, 0.5) is 0 Å². The highest BCUT2D eigenvalue weighted by atomic mass is 16.5. The molecule has 0 aromatic rings. The summed E-state index contributed by atoms with van der Waals surface area (Å²) in [6.07, 6.45) is 13.4. The topological polar surface area (TPSA) is 26.3 Å². The summed E-state index contributed by atoms with van der Waals surface area (Å²) < 4.78 is 5.16. The number of carbonyl (C=O) groups is 1. The molecule has 0 aromatic heterocycles. The van der Waals surface area contributed by atoms with Crippen molar-refractivity contribution in [3.8, 4) is 0 Å². The van der Waals surface area contributed by atoms with Gasteiger partial charge in [-0.2, -0.15) is 0 Å². The summed E-state index contributed by atoms with van der Waals surface area (Å²) in [6, 6.07) is 0. The first-order valence-corrected chi connectivity index (χ1v) is 5.86. The molecule has 2 heteroatoms. The van der Waals surface area contributed by atoms with Gasteiger partial charge in [-0.05, 0) is 6.42 Å². The Balaban J connectivity index is 1.97. The zero-order valence-electron chi connectivity index (χ0n) is 9.45. The molecule has 1 aliphatic carbocycles. The van der Waals surface area contributed by atoms with Crippen molar-refractivity contribution in [1.29, 1.82) is 0 Å². The molecular weight excluding hydrogens is 188 g/mol. The Morgan fingerprint density at radius 3 is 2.47 bits per heavy atom. The first kappa shape index (κ1) is 12.0. The van der Waals surface area contributed by atoms with Gasteiger partial charge < -0.3 is 4.74 Å². The lowest BCUT2D eigenvalue weighted by Gasteiger charge is -2.06. The van der Waals surface area contributed by atoms with E-state index in [9.17, 15) is 4.79 Å². The van der Waals surface area contributed by atoms with E-state index in [1.165, 1.54) is 19.3 Å². The Hall–Kier alpha value is -1.05. The van der Waals surface area contributed by atoms with E-state index in [2.05, 4.69) is 6.92 Å². The predicted molar refractivity (Wildman–Crippen MR) is 61.5 cm³/mol. The molecule has 0 atom stereocenters. The van der Waals surface area contributed by atoms with Crippen LogP contribution in [-0.2, 0) is 9.53 Å². The number of unbranched alkanes of at least 4 members (excludes halogenated alkanes) is 4. The van der Waals surface area contributed by atoms with E-state index in [0.29, 0.717) is 6.61 Å². The van der Waals surface area contributed by atoms with E-state index in [-0.39, 0.29) is 11.9 Å². The second-order valence-electron chi connectivity index (χ2n) is 3.88. The largest absolute Gasteiger partial charge is 0.465 e. The number of hydrogen-bond acceptors (Lipinski definition) is 2. The predicted octanol–water partition coefficient (Wildman–Crippen LogP) is 3.24. The summed E-state index contributed by atoms with van der Waals surface area (Å²) in [6.45, 7) is 2.76. The van der Waals surface area contributed by atoms with E-state index >= 15 is 0 Å².